The van der Waals surface area contributed by atoms with Crippen LogP contribution in [0.5, 0.6) is 5.75 Å². The standard InChI is InChI=1S/C19H27N3O2S/c1-2-24-15-10-11-16-17(12-15)22-19(21-16)25-13-18(23)20-14-8-6-4-3-5-7-9-14/h10-12,14H,2-9,13H2,1H3,(H,20,23)(H,21,22). The van der Waals surface area contributed by atoms with Crippen molar-refractivity contribution in [3.05, 3.63) is 18.2 Å². The van der Waals surface area contributed by atoms with E-state index in [0.29, 0.717) is 18.4 Å². The molecule has 25 heavy (non-hydrogen) atoms. The van der Waals surface area contributed by atoms with Crippen molar-refractivity contribution in [2.75, 3.05) is 12.4 Å². The van der Waals surface area contributed by atoms with Crippen molar-refractivity contribution in [3.63, 3.8) is 0 Å². The summed E-state index contributed by atoms with van der Waals surface area (Å²) in [7, 11) is 0. The molecule has 1 aliphatic carbocycles. The largest absolute Gasteiger partial charge is 0.494 e. The summed E-state index contributed by atoms with van der Waals surface area (Å²) >= 11 is 1.45. The number of hydrogen-bond acceptors (Lipinski definition) is 4. The Morgan fingerprint density at radius 1 is 1.28 bits per heavy atom. The SMILES string of the molecule is CCOc1ccc2nc(SCC(=O)NC3CCCCCCC3)[nH]c2c1. The number of amides is 1. The molecule has 1 saturated carbocycles. The molecule has 0 saturated heterocycles. The molecule has 3 rings (SSSR count). The number of aromatic amines is 1. The van der Waals surface area contributed by atoms with Crippen LogP contribution in [-0.4, -0.2) is 34.3 Å². The van der Waals surface area contributed by atoms with Crippen LogP contribution < -0.4 is 10.1 Å². The number of hydrogen-bond donors (Lipinski definition) is 2. The van der Waals surface area contributed by atoms with Gasteiger partial charge in [-0.25, -0.2) is 4.98 Å². The molecule has 0 atom stereocenters. The van der Waals surface area contributed by atoms with Crippen LogP contribution in [0.2, 0.25) is 0 Å². The fourth-order valence-electron chi connectivity index (χ4n) is 3.29. The number of H-pyrrole nitrogens is 1. The van der Waals surface area contributed by atoms with E-state index in [1.165, 1.54) is 43.9 Å². The van der Waals surface area contributed by atoms with Gasteiger partial charge < -0.3 is 15.0 Å². The van der Waals surface area contributed by atoms with Crippen LogP contribution >= 0.6 is 11.8 Å². The Morgan fingerprint density at radius 3 is 2.80 bits per heavy atom. The first-order valence-electron chi connectivity index (χ1n) is 9.29. The van der Waals surface area contributed by atoms with Crippen molar-refractivity contribution in [3.8, 4) is 5.75 Å². The van der Waals surface area contributed by atoms with Crippen LogP contribution in [0.15, 0.2) is 23.4 Å². The van der Waals surface area contributed by atoms with E-state index in [-0.39, 0.29) is 5.91 Å². The van der Waals surface area contributed by atoms with E-state index in [2.05, 4.69) is 15.3 Å². The number of ether oxygens (including phenoxy) is 1. The normalized spacial score (nSPS) is 16.4. The first-order chi connectivity index (χ1) is 12.2. The maximum absolute atomic E-state index is 12.2. The zero-order valence-electron chi connectivity index (χ0n) is 14.8. The number of carbonyl (C=O) groups excluding carboxylic acids is 1. The minimum absolute atomic E-state index is 0.103. The lowest BCUT2D eigenvalue weighted by molar-refractivity contribution is -0.119. The van der Waals surface area contributed by atoms with Gasteiger partial charge in [-0.3, -0.25) is 4.79 Å². The monoisotopic (exact) mass is 361 g/mol. The fourth-order valence-corrected chi connectivity index (χ4v) is 3.99. The Bertz CT molecular complexity index is 693. The highest BCUT2D eigenvalue weighted by Gasteiger charge is 2.15. The Hall–Kier alpha value is -1.69. The van der Waals surface area contributed by atoms with Gasteiger partial charge in [0.1, 0.15) is 5.75 Å². The van der Waals surface area contributed by atoms with Gasteiger partial charge in [-0.15, -0.1) is 0 Å². The van der Waals surface area contributed by atoms with E-state index in [1.807, 2.05) is 25.1 Å². The Morgan fingerprint density at radius 2 is 2.04 bits per heavy atom. The predicted molar refractivity (Wildman–Crippen MR) is 102 cm³/mol. The molecule has 1 heterocycles. The molecule has 1 aromatic carbocycles. The average molecular weight is 362 g/mol. The number of aromatic nitrogens is 2. The van der Waals surface area contributed by atoms with Gasteiger partial charge in [0.15, 0.2) is 5.16 Å². The molecule has 1 fully saturated rings. The van der Waals surface area contributed by atoms with Gasteiger partial charge in [-0.2, -0.15) is 0 Å². The zero-order valence-corrected chi connectivity index (χ0v) is 15.7. The summed E-state index contributed by atoms with van der Waals surface area (Å²) in [4.78, 5) is 20.0. The smallest absolute Gasteiger partial charge is 0.230 e. The first-order valence-corrected chi connectivity index (χ1v) is 10.3. The Balaban J connectivity index is 1.51. The molecule has 1 amide bonds. The number of nitrogens with zero attached hydrogens (tertiary/aromatic N) is 1. The molecular weight excluding hydrogens is 334 g/mol. The highest BCUT2D eigenvalue weighted by Crippen LogP contribution is 2.23. The number of imidazole rings is 1. The second-order valence-corrected chi connectivity index (χ2v) is 7.52. The molecule has 2 aromatic rings. The van der Waals surface area contributed by atoms with E-state index in [0.717, 1.165) is 34.8 Å². The number of carbonyl (C=O) groups is 1. The molecular formula is C19H27N3O2S. The second-order valence-electron chi connectivity index (χ2n) is 6.55. The lowest BCUT2D eigenvalue weighted by Crippen LogP contribution is -2.36. The van der Waals surface area contributed by atoms with Gasteiger partial charge in [0, 0.05) is 12.1 Å². The summed E-state index contributed by atoms with van der Waals surface area (Å²) in [6.07, 6.45) is 8.61. The Labute approximate surface area is 153 Å². The highest BCUT2D eigenvalue weighted by atomic mass is 32.2. The lowest BCUT2D eigenvalue weighted by atomic mass is 9.97. The van der Waals surface area contributed by atoms with Crippen LogP contribution in [0, 0.1) is 0 Å². The molecule has 6 heteroatoms. The summed E-state index contributed by atoms with van der Waals surface area (Å²) in [6, 6.07) is 6.15. The van der Waals surface area contributed by atoms with E-state index in [1.54, 1.807) is 0 Å². The zero-order chi connectivity index (χ0) is 17.5. The number of nitrogens with one attached hydrogen (secondary N) is 2. The van der Waals surface area contributed by atoms with E-state index >= 15 is 0 Å². The fraction of sp³-hybridized carbons (Fsp3) is 0.579. The van der Waals surface area contributed by atoms with E-state index in [4.69, 9.17) is 4.74 Å². The summed E-state index contributed by atoms with van der Waals surface area (Å²) < 4.78 is 5.51. The van der Waals surface area contributed by atoms with Crippen molar-refractivity contribution in [1.29, 1.82) is 0 Å². The van der Waals surface area contributed by atoms with Crippen molar-refractivity contribution in [1.82, 2.24) is 15.3 Å². The topological polar surface area (TPSA) is 67.0 Å². The molecule has 136 valence electrons. The van der Waals surface area contributed by atoms with Gasteiger partial charge >= 0.3 is 0 Å². The predicted octanol–water partition coefficient (Wildman–Crippen LogP) is 4.28. The third-order valence-electron chi connectivity index (χ3n) is 4.55. The third-order valence-corrected chi connectivity index (χ3v) is 5.43. The minimum atomic E-state index is 0.103. The molecule has 1 aliphatic rings. The van der Waals surface area contributed by atoms with Crippen LogP contribution in [-0.2, 0) is 4.79 Å². The molecule has 0 bridgehead atoms. The van der Waals surface area contributed by atoms with Crippen molar-refractivity contribution in [2.24, 2.45) is 0 Å². The van der Waals surface area contributed by atoms with Crippen LogP contribution in [0.1, 0.15) is 51.9 Å². The van der Waals surface area contributed by atoms with Gasteiger partial charge in [0.25, 0.3) is 0 Å². The molecule has 2 N–H and O–H groups in total. The molecule has 0 aliphatic heterocycles. The minimum Gasteiger partial charge on any atom is -0.494 e. The maximum atomic E-state index is 12.2. The third kappa shape index (κ3) is 5.39. The summed E-state index contributed by atoms with van der Waals surface area (Å²) in [5.41, 5.74) is 1.83. The van der Waals surface area contributed by atoms with Gasteiger partial charge in [-0.05, 0) is 31.9 Å². The van der Waals surface area contributed by atoms with E-state index in [9.17, 15) is 4.79 Å². The summed E-state index contributed by atoms with van der Waals surface area (Å²) in [5, 5.41) is 3.97. The number of benzene rings is 1. The molecule has 5 nitrogen and oxygen atoms in total. The van der Waals surface area contributed by atoms with Crippen molar-refractivity contribution >= 4 is 28.7 Å². The average Bonchev–Trinajstić information content (AvgIpc) is 2.98. The number of thioether (sulfide) groups is 1. The number of fused-ring (bicyclic) bond motifs is 1. The van der Waals surface area contributed by atoms with Crippen molar-refractivity contribution in [2.45, 2.75) is 63.1 Å². The van der Waals surface area contributed by atoms with Gasteiger partial charge in [-0.1, -0.05) is 43.9 Å². The molecule has 0 unspecified atom stereocenters. The van der Waals surface area contributed by atoms with Gasteiger partial charge in [0.2, 0.25) is 5.91 Å². The van der Waals surface area contributed by atoms with Crippen LogP contribution in [0.25, 0.3) is 11.0 Å². The Kier molecular flexibility index (Phi) is 6.62. The van der Waals surface area contributed by atoms with Crippen LogP contribution in [0.4, 0.5) is 0 Å². The molecule has 0 spiro atoms. The number of rotatable bonds is 6. The van der Waals surface area contributed by atoms with Crippen molar-refractivity contribution < 1.29 is 9.53 Å². The van der Waals surface area contributed by atoms with Gasteiger partial charge in [0.05, 0.1) is 23.4 Å². The second kappa shape index (κ2) is 9.13. The highest BCUT2D eigenvalue weighted by molar-refractivity contribution is 7.99. The summed E-state index contributed by atoms with van der Waals surface area (Å²) in [5.74, 6) is 1.33. The lowest BCUT2D eigenvalue weighted by Gasteiger charge is -2.20. The maximum Gasteiger partial charge on any atom is 0.230 e. The summed E-state index contributed by atoms with van der Waals surface area (Å²) in [6.45, 7) is 2.61. The van der Waals surface area contributed by atoms with Crippen LogP contribution in [0.3, 0.4) is 0 Å². The molecule has 1 aromatic heterocycles. The first kappa shape index (κ1) is 18.1. The quantitative estimate of drug-likeness (QED) is 0.754. The van der Waals surface area contributed by atoms with E-state index < -0.39 is 0 Å². The molecule has 0 radical (unpaired) electrons.